The summed E-state index contributed by atoms with van der Waals surface area (Å²) in [5.74, 6) is -0.389. The number of hydrogen-bond acceptors (Lipinski definition) is 3. The van der Waals surface area contributed by atoms with Crippen LogP contribution in [0.1, 0.15) is 80.8 Å². The number of phenolic OH excluding ortho intramolecular Hbond substituents is 1. The van der Waals surface area contributed by atoms with Crippen molar-refractivity contribution in [1.82, 2.24) is 0 Å². The number of rotatable bonds is 2. The molecule has 2 aliphatic rings. The zero-order valence-corrected chi connectivity index (χ0v) is 22.1. The Bertz CT molecular complexity index is 1360. The summed E-state index contributed by atoms with van der Waals surface area (Å²) in [7, 11) is 0. The van der Waals surface area contributed by atoms with Gasteiger partial charge in [-0.2, -0.15) is 0 Å². The van der Waals surface area contributed by atoms with Crippen LogP contribution in [-0.4, -0.2) is 17.6 Å². The second kappa shape index (κ2) is 7.83. The van der Waals surface area contributed by atoms with Crippen molar-refractivity contribution in [2.24, 2.45) is 0 Å². The second-order valence-corrected chi connectivity index (χ2v) is 12.4. The topological polar surface area (TPSA) is 61.4 Å². The largest absolute Gasteiger partial charge is 0.507 e. The first-order valence-electron chi connectivity index (χ1n) is 12.6. The van der Waals surface area contributed by atoms with Gasteiger partial charge in [-0.15, -0.1) is 0 Å². The van der Waals surface area contributed by atoms with E-state index >= 15 is 0 Å². The molecule has 2 atom stereocenters. The Balaban J connectivity index is 1.90. The first-order valence-corrected chi connectivity index (χ1v) is 12.6. The Morgan fingerprint density at radius 3 is 2.17 bits per heavy atom. The number of fused-ring (bicyclic) bond motifs is 2. The molecule has 5 rings (SSSR count). The molecule has 5 heteroatoms. The maximum absolute atomic E-state index is 14.3. The van der Waals surface area contributed by atoms with E-state index in [-0.39, 0.29) is 34.2 Å². The van der Waals surface area contributed by atoms with Crippen LogP contribution in [-0.2, 0) is 21.0 Å². The summed E-state index contributed by atoms with van der Waals surface area (Å²) in [5, 5.41) is 17.9. The lowest BCUT2D eigenvalue weighted by Gasteiger charge is -2.37. The van der Waals surface area contributed by atoms with Gasteiger partial charge in [0, 0.05) is 23.8 Å². The zero-order valence-electron chi connectivity index (χ0n) is 22.1. The lowest BCUT2D eigenvalue weighted by Crippen LogP contribution is -2.43. The molecule has 3 N–H and O–H groups in total. The minimum Gasteiger partial charge on any atom is -0.507 e. The summed E-state index contributed by atoms with van der Waals surface area (Å²) < 4.78 is 14.1. The van der Waals surface area contributed by atoms with E-state index in [9.17, 15) is 14.3 Å². The Kier molecular flexibility index (Phi) is 5.30. The van der Waals surface area contributed by atoms with Crippen molar-refractivity contribution in [2.75, 3.05) is 17.2 Å². The van der Waals surface area contributed by atoms with E-state index in [1.807, 2.05) is 31.2 Å². The van der Waals surface area contributed by atoms with Crippen LogP contribution in [0.15, 0.2) is 48.5 Å². The number of carbonyl (C=O) groups excluding carboxylic acids is 1. The number of amides is 1. The number of aryl methyl sites for hydroxylation is 1. The number of hydrogen-bond donors (Lipinski definition) is 3. The highest BCUT2D eigenvalue weighted by Gasteiger charge is 2.56. The average molecular weight is 487 g/mol. The van der Waals surface area contributed by atoms with Gasteiger partial charge >= 0.3 is 0 Å². The summed E-state index contributed by atoms with van der Waals surface area (Å²) in [6, 6.07) is 14.9. The number of halogens is 1. The van der Waals surface area contributed by atoms with Crippen molar-refractivity contribution in [3.63, 3.8) is 0 Å². The second-order valence-electron chi connectivity index (χ2n) is 12.4. The van der Waals surface area contributed by atoms with Crippen LogP contribution >= 0.6 is 0 Å². The number of anilines is 2. The Morgan fingerprint density at radius 2 is 1.56 bits per heavy atom. The number of nitrogens with one attached hydrogen (secondary N) is 2. The smallest absolute Gasteiger partial charge is 0.240 e. The zero-order chi connectivity index (χ0) is 26.2. The molecule has 3 aromatic rings. The van der Waals surface area contributed by atoms with Crippen molar-refractivity contribution in [2.45, 2.75) is 70.6 Å². The van der Waals surface area contributed by atoms with E-state index < -0.39 is 5.41 Å². The third kappa shape index (κ3) is 3.51. The molecule has 3 aromatic carbocycles. The summed E-state index contributed by atoms with van der Waals surface area (Å²) in [6.45, 7) is 15.0. The van der Waals surface area contributed by atoms with Gasteiger partial charge < -0.3 is 15.7 Å². The Hall–Kier alpha value is -3.34. The van der Waals surface area contributed by atoms with Gasteiger partial charge in [0.2, 0.25) is 5.91 Å². The van der Waals surface area contributed by atoms with Crippen molar-refractivity contribution in [1.29, 1.82) is 0 Å². The molecule has 0 spiro atoms. The monoisotopic (exact) mass is 486 g/mol. The molecule has 0 fully saturated rings. The molecular formula is C31H35FN2O2. The minimum atomic E-state index is -1.05. The number of aromatic hydroxyl groups is 1. The van der Waals surface area contributed by atoms with Gasteiger partial charge in [-0.05, 0) is 63.8 Å². The standard InChI is InChI=1S/C31H35FN2O2/c1-17-8-11-25-21(12-17)31(28(36)34-25,24-16-33-26-15-19(32)9-10-20(24)26)18-13-22(29(2,3)4)27(35)23(14-18)30(5,6)7/h8-15,24,33,35H,16H2,1-7H3,(H,34,36). The molecule has 0 bridgehead atoms. The van der Waals surface area contributed by atoms with E-state index in [1.165, 1.54) is 12.1 Å². The molecule has 1 amide bonds. The quantitative estimate of drug-likeness (QED) is 0.370. The fourth-order valence-corrected chi connectivity index (χ4v) is 5.97. The summed E-state index contributed by atoms with van der Waals surface area (Å²) in [6.07, 6.45) is 0. The Labute approximate surface area is 212 Å². The van der Waals surface area contributed by atoms with E-state index in [2.05, 4.69) is 58.2 Å². The van der Waals surface area contributed by atoms with Crippen LogP contribution < -0.4 is 10.6 Å². The van der Waals surface area contributed by atoms with Crippen molar-refractivity contribution in [3.8, 4) is 5.75 Å². The van der Waals surface area contributed by atoms with Crippen LogP contribution in [0.3, 0.4) is 0 Å². The third-order valence-electron chi connectivity index (χ3n) is 7.80. The Morgan fingerprint density at radius 1 is 0.917 bits per heavy atom. The molecule has 188 valence electrons. The summed E-state index contributed by atoms with van der Waals surface area (Å²) >= 11 is 0. The van der Waals surface area contributed by atoms with Crippen LogP contribution in [0.5, 0.6) is 5.75 Å². The molecule has 0 saturated heterocycles. The summed E-state index contributed by atoms with van der Waals surface area (Å²) in [4.78, 5) is 14.3. The van der Waals surface area contributed by atoms with Gasteiger partial charge in [-0.25, -0.2) is 4.39 Å². The minimum absolute atomic E-state index is 0.0996. The SMILES string of the molecule is Cc1ccc2c(c1)C(c1cc(C(C)(C)C)c(O)c(C(C)(C)C)c1)(C1CNc3cc(F)ccc31)C(=O)N2. The van der Waals surface area contributed by atoms with Crippen LogP contribution in [0.4, 0.5) is 15.8 Å². The molecule has 4 nitrogen and oxygen atoms in total. The van der Waals surface area contributed by atoms with Gasteiger partial charge in [0.15, 0.2) is 0 Å². The fraction of sp³-hybridized carbons (Fsp3) is 0.387. The molecule has 2 heterocycles. The van der Waals surface area contributed by atoms with Gasteiger partial charge in [-0.3, -0.25) is 4.79 Å². The number of carbonyl (C=O) groups is 1. The molecule has 0 saturated carbocycles. The highest BCUT2D eigenvalue weighted by atomic mass is 19.1. The molecule has 0 aliphatic carbocycles. The van der Waals surface area contributed by atoms with Crippen molar-refractivity contribution >= 4 is 17.3 Å². The maximum Gasteiger partial charge on any atom is 0.240 e. The van der Waals surface area contributed by atoms with E-state index in [1.54, 1.807) is 6.07 Å². The van der Waals surface area contributed by atoms with E-state index in [0.29, 0.717) is 6.54 Å². The normalized spacial score (nSPS) is 21.1. The highest BCUT2D eigenvalue weighted by Crippen LogP contribution is 2.56. The van der Waals surface area contributed by atoms with Gasteiger partial charge in [0.05, 0.1) is 0 Å². The van der Waals surface area contributed by atoms with E-state index in [4.69, 9.17) is 0 Å². The lowest BCUT2D eigenvalue weighted by molar-refractivity contribution is -0.120. The lowest BCUT2D eigenvalue weighted by atomic mass is 9.63. The molecule has 36 heavy (non-hydrogen) atoms. The molecule has 0 radical (unpaired) electrons. The number of phenols is 1. The third-order valence-corrected chi connectivity index (χ3v) is 7.80. The van der Waals surface area contributed by atoms with Crippen LogP contribution in [0, 0.1) is 12.7 Å². The van der Waals surface area contributed by atoms with Gasteiger partial charge in [0.25, 0.3) is 0 Å². The van der Waals surface area contributed by atoms with E-state index in [0.717, 1.165) is 44.8 Å². The van der Waals surface area contributed by atoms with Gasteiger partial charge in [0.1, 0.15) is 17.0 Å². The molecule has 2 aliphatic heterocycles. The predicted octanol–water partition coefficient (Wildman–Crippen LogP) is 6.88. The predicted molar refractivity (Wildman–Crippen MR) is 144 cm³/mol. The molecule has 2 unspecified atom stereocenters. The average Bonchev–Trinajstić information content (AvgIpc) is 3.30. The van der Waals surface area contributed by atoms with Crippen LogP contribution in [0.2, 0.25) is 0 Å². The molecular weight excluding hydrogens is 451 g/mol. The first kappa shape index (κ1) is 24.4. The fourth-order valence-electron chi connectivity index (χ4n) is 5.97. The van der Waals surface area contributed by atoms with Crippen molar-refractivity contribution < 1.29 is 14.3 Å². The summed E-state index contributed by atoms with van der Waals surface area (Å²) in [5.41, 5.74) is 5.14. The van der Waals surface area contributed by atoms with Crippen LogP contribution in [0.25, 0.3) is 0 Å². The van der Waals surface area contributed by atoms with Gasteiger partial charge in [-0.1, -0.05) is 77.4 Å². The first-order chi connectivity index (χ1) is 16.7. The molecule has 0 aromatic heterocycles. The maximum atomic E-state index is 14.3. The highest BCUT2D eigenvalue weighted by molar-refractivity contribution is 6.10. The number of benzene rings is 3. The van der Waals surface area contributed by atoms with Crippen molar-refractivity contribution in [3.05, 3.63) is 87.7 Å².